The zero-order valence-electron chi connectivity index (χ0n) is 18.6. The fourth-order valence-electron chi connectivity index (χ4n) is 4.30. The molecule has 2 N–H and O–H groups in total. The highest BCUT2D eigenvalue weighted by atomic mass is 16.5. The van der Waals surface area contributed by atoms with Crippen LogP contribution in [-0.2, 0) is 24.4 Å². The summed E-state index contributed by atoms with van der Waals surface area (Å²) in [6, 6.07) is 21.7. The molecule has 170 valence electrons. The Morgan fingerprint density at radius 2 is 2.00 bits per heavy atom. The summed E-state index contributed by atoms with van der Waals surface area (Å²) in [5.74, 6) is 1.37. The maximum atomic E-state index is 10.6. The molecular formula is C28H25N3O3. The molecule has 4 aromatic rings. The fourth-order valence-corrected chi connectivity index (χ4v) is 4.30. The van der Waals surface area contributed by atoms with Crippen molar-refractivity contribution in [1.29, 1.82) is 0 Å². The molecule has 0 bridgehead atoms. The number of aliphatic hydroxyl groups is 1. The van der Waals surface area contributed by atoms with Crippen LogP contribution in [0.4, 0.5) is 5.69 Å². The molecule has 0 radical (unpaired) electrons. The lowest BCUT2D eigenvalue weighted by Gasteiger charge is -2.14. The van der Waals surface area contributed by atoms with Crippen molar-refractivity contribution in [3.63, 3.8) is 0 Å². The number of carbonyl (C=O) groups is 1. The molecule has 1 aromatic heterocycles. The molecule has 2 heterocycles. The van der Waals surface area contributed by atoms with Crippen LogP contribution >= 0.6 is 0 Å². The van der Waals surface area contributed by atoms with Crippen molar-refractivity contribution >= 4 is 18.0 Å². The van der Waals surface area contributed by atoms with E-state index in [0.717, 1.165) is 58.5 Å². The standard InChI is InChI=1S/C28H25N3O3/c32-15-3-6-20-4-1-5-21(16-20)18-31-14-12-26(30-31)22-7-2-8-23(17-22)34-28-10-9-27-24(11-13-29-27)25(28)19-33/h1-10,12,14-17,29,33H,11,13,18-19H2/b6-3+. The predicted octanol–water partition coefficient (Wildman–Crippen LogP) is 5.06. The molecular weight excluding hydrogens is 426 g/mol. The maximum Gasteiger partial charge on any atom is 0.142 e. The Bertz CT molecular complexity index is 1360. The number of aliphatic hydroxyl groups excluding tert-OH is 1. The monoisotopic (exact) mass is 451 g/mol. The zero-order valence-corrected chi connectivity index (χ0v) is 18.6. The lowest BCUT2D eigenvalue weighted by atomic mass is 10.0. The first-order chi connectivity index (χ1) is 16.7. The minimum atomic E-state index is -0.0591. The van der Waals surface area contributed by atoms with E-state index in [1.807, 2.05) is 77.6 Å². The van der Waals surface area contributed by atoms with Crippen molar-refractivity contribution in [3.05, 3.63) is 101 Å². The third kappa shape index (κ3) is 4.63. The number of benzene rings is 3. The number of aldehydes is 1. The van der Waals surface area contributed by atoms with E-state index in [9.17, 15) is 9.90 Å². The fraction of sp³-hybridized carbons (Fsp3) is 0.143. The van der Waals surface area contributed by atoms with E-state index in [1.54, 1.807) is 6.08 Å². The largest absolute Gasteiger partial charge is 0.457 e. The van der Waals surface area contributed by atoms with Gasteiger partial charge in [-0.25, -0.2) is 0 Å². The molecule has 0 amide bonds. The van der Waals surface area contributed by atoms with E-state index >= 15 is 0 Å². The minimum absolute atomic E-state index is 0.0591. The summed E-state index contributed by atoms with van der Waals surface area (Å²) in [5, 5.41) is 18.0. The van der Waals surface area contributed by atoms with Crippen LogP contribution in [-0.4, -0.2) is 27.7 Å². The van der Waals surface area contributed by atoms with Gasteiger partial charge >= 0.3 is 0 Å². The summed E-state index contributed by atoms with van der Waals surface area (Å²) in [7, 11) is 0. The predicted molar refractivity (Wildman–Crippen MR) is 133 cm³/mol. The molecule has 0 spiro atoms. The van der Waals surface area contributed by atoms with Crippen LogP contribution in [0.1, 0.15) is 22.3 Å². The van der Waals surface area contributed by atoms with Crippen molar-refractivity contribution in [2.75, 3.05) is 11.9 Å². The van der Waals surface area contributed by atoms with E-state index in [1.165, 1.54) is 6.08 Å². The quantitative estimate of drug-likeness (QED) is 0.289. The molecule has 1 aliphatic rings. The number of nitrogens with one attached hydrogen (secondary N) is 1. The Balaban J connectivity index is 1.34. The number of allylic oxidation sites excluding steroid dienone is 1. The maximum absolute atomic E-state index is 10.6. The number of ether oxygens (including phenoxy) is 1. The van der Waals surface area contributed by atoms with Crippen molar-refractivity contribution in [2.45, 2.75) is 19.6 Å². The third-order valence-electron chi connectivity index (χ3n) is 5.90. The number of rotatable bonds is 8. The molecule has 0 saturated heterocycles. The number of hydrogen-bond donors (Lipinski definition) is 2. The smallest absolute Gasteiger partial charge is 0.142 e. The summed E-state index contributed by atoms with van der Waals surface area (Å²) >= 11 is 0. The lowest BCUT2D eigenvalue weighted by molar-refractivity contribution is -0.104. The van der Waals surface area contributed by atoms with Crippen LogP contribution in [0.2, 0.25) is 0 Å². The molecule has 0 saturated carbocycles. The lowest BCUT2D eigenvalue weighted by Crippen LogP contribution is -2.00. The van der Waals surface area contributed by atoms with Crippen LogP contribution in [0.15, 0.2) is 79.0 Å². The van der Waals surface area contributed by atoms with Crippen LogP contribution in [0.3, 0.4) is 0 Å². The van der Waals surface area contributed by atoms with Gasteiger partial charge in [0, 0.05) is 29.6 Å². The number of nitrogens with zero attached hydrogens (tertiary/aromatic N) is 2. The number of fused-ring (bicyclic) bond motifs is 1. The van der Waals surface area contributed by atoms with Crippen LogP contribution in [0.25, 0.3) is 17.3 Å². The Morgan fingerprint density at radius 1 is 1.09 bits per heavy atom. The average Bonchev–Trinajstić information content (AvgIpc) is 3.53. The first-order valence-electron chi connectivity index (χ1n) is 11.3. The van der Waals surface area contributed by atoms with Gasteiger partial charge in [0.2, 0.25) is 0 Å². The van der Waals surface area contributed by atoms with Gasteiger partial charge in [0.1, 0.15) is 17.8 Å². The van der Waals surface area contributed by atoms with Gasteiger partial charge in [-0.1, -0.05) is 36.4 Å². The Labute approximate surface area is 198 Å². The van der Waals surface area contributed by atoms with E-state index in [-0.39, 0.29) is 6.61 Å². The van der Waals surface area contributed by atoms with Gasteiger partial charge in [-0.3, -0.25) is 9.48 Å². The Morgan fingerprint density at radius 3 is 2.88 bits per heavy atom. The molecule has 34 heavy (non-hydrogen) atoms. The highest BCUT2D eigenvalue weighted by molar-refractivity contribution is 5.73. The average molecular weight is 452 g/mol. The van der Waals surface area contributed by atoms with Crippen molar-refractivity contribution in [1.82, 2.24) is 9.78 Å². The number of aromatic nitrogens is 2. The topological polar surface area (TPSA) is 76.4 Å². The third-order valence-corrected chi connectivity index (χ3v) is 5.90. The van der Waals surface area contributed by atoms with Gasteiger partial charge in [-0.2, -0.15) is 5.10 Å². The van der Waals surface area contributed by atoms with E-state index in [4.69, 9.17) is 9.84 Å². The molecule has 0 aliphatic carbocycles. The molecule has 1 aliphatic heterocycles. The normalized spacial score (nSPS) is 12.5. The summed E-state index contributed by atoms with van der Waals surface area (Å²) in [5.41, 5.74) is 6.91. The minimum Gasteiger partial charge on any atom is -0.457 e. The summed E-state index contributed by atoms with van der Waals surface area (Å²) in [4.78, 5) is 10.6. The van der Waals surface area contributed by atoms with E-state index < -0.39 is 0 Å². The van der Waals surface area contributed by atoms with Crippen LogP contribution in [0.5, 0.6) is 11.5 Å². The van der Waals surface area contributed by atoms with Gasteiger partial charge in [0.25, 0.3) is 0 Å². The van der Waals surface area contributed by atoms with Crippen LogP contribution in [0, 0.1) is 0 Å². The number of hydrogen-bond acceptors (Lipinski definition) is 5. The highest BCUT2D eigenvalue weighted by Crippen LogP contribution is 2.35. The SMILES string of the molecule is O=C/C=C/c1cccc(Cn2ccc(-c3cccc(Oc4ccc5c(c4CO)CCN5)c3)n2)c1. The first kappa shape index (κ1) is 21.7. The number of carbonyl (C=O) groups excluding carboxylic acids is 1. The van der Waals surface area contributed by atoms with Crippen molar-refractivity contribution < 1.29 is 14.6 Å². The second-order valence-electron chi connectivity index (χ2n) is 8.17. The van der Waals surface area contributed by atoms with E-state index in [2.05, 4.69) is 5.32 Å². The first-order valence-corrected chi connectivity index (χ1v) is 11.3. The Kier molecular flexibility index (Phi) is 6.23. The highest BCUT2D eigenvalue weighted by Gasteiger charge is 2.18. The van der Waals surface area contributed by atoms with Crippen molar-refractivity contribution in [2.24, 2.45) is 0 Å². The van der Waals surface area contributed by atoms with Gasteiger partial charge in [-0.05, 0) is 65.6 Å². The summed E-state index contributed by atoms with van der Waals surface area (Å²) in [6.45, 7) is 1.45. The molecule has 6 heteroatoms. The van der Waals surface area contributed by atoms with E-state index in [0.29, 0.717) is 18.0 Å². The molecule has 3 aromatic carbocycles. The van der Waals surface area contributed by atoms with Crippen LogP contribution < -0.4 is 10.1 Å². The molecule has 6 nitrogen and oxygen atoms in total. The molecule has 0 unspecified atom stereocenters. The second kappa shape index (κ2) is 9.77. The Hall–Kier alpha value is -4.16. The van der Waals surface area contributed by atoms with Gasteiger partial charge in [0.05, 0.1) is 18.8 Å². The second-order valence-corrected chi connectivity index (χ2v) is 8.17. The number of anilines is 1. The van der Waals surface area contributed by atoms with Gasteiger partial charge in [0.15, 0.2) is 0 Å². The van der Waals surface area contributed by atoms with Gasteiger partial charge in [-0.15, -0.1) is 0 Å². The zero-order chi connectivity index (χ0) is 23.3. The van der Waals surface area contributed by atoms with Gasteiger partial charge < -0.3 is 15.2 Å². The molecule has 5 rings (SSSR count). The summed E-state index contributed by atoms with van der Waals surface area (Å²) in [6.07, 6.45) is 6.89. The molecule has 0 fully saturated rings. The molecule has 0 atom stereocenters. The van der Waals surface area contributed by atoms with Crippen molar-refractivity contribution in [3.8, 4) is 22.8 Å². The summed E-state index contributed by atoms with van der Waals surface area (Å²) < 4.78 is 8.07.